The Balaban J connectivity index is 1.65. The van der Waals surface area contributed by atoms with Crippen molar-refractivity contribution in [3.05, 3.63) is 64.7 Å². The SMILES string of the molecule is COc1ccc([C@@H]2CCc3cc([C@]4(O)O[C@H](CO)[C@@H](O)[C@H](O)[C@H]4O)ccc32)cc1. The molecule has 1 aliphatic heterocycles. The van der Waals surface area contributed by atoms with E-state index in [9.17, 15) is 25.5 Å². The third-order valence-corrected chi connectivity index (χ3v) is 6.12. The lowest BCUT2D eigenvalue weighted by molar-refractivity contribution is -0.357. The van der Waals surface area contributed by atoms with Crippen LogP contribution in [-0.4, -0.2) is 63.7 Å². The molecular weight excluding hydrogens is 376 g/mol. The molecule has 5 N–H and O–H groups in total. The quantitative estimate of drug-likeness (QED) is 0.502. The monoisotopic (exact) mass is 402 g/mol. The second-order valence-corrected chi connectivity index (χ2v) is 7.74. The van der Waals surface area contributed by atoms with E-state index in [4.69, 9.17) is 9.47 Å². The van der Waals surface area contributed by atoms with Gasteiger partial charge in [0.25, 0.3) is 0 Å². The Kier molecular flexibility index (Phi) is 5.37. The summed E-state index contributed by atoms with van der Waals surface area (Å²) in [5, 5.41) is 50.8. The van der Waals surface area contributed by atoms with Crippen molar-refractivity contribution in [2.75, 3.05) is 13.7 Å². The highest BCUT2D eigenvalue weighted by Gasteiger charge is 2.53. The largest absolute Gasteiger partial charge is 0.497 e. The molecule has 7 nitrogen and oxygen atoms in total. The average Bonchev–Trinajstić information content (AvgIpc) is 3.18. The molecule has 6 atom stereocenters. The minimum absolute atomic E-state index is 0.217. The Morgan fingerprint density at radius 3 is 2.45 bits per heavy atom. The summed E-state index contributed by atoms with van der Waals surface area (Å²) >= 11 is 0. The van der Waals surface area contributed by atoms with Crippen molar-refractivity contribution in [3.63, 3.8) is 0 Å². The topological polar surface area (TPSA) is 120 Å². The highest BCUT2D eigenvalue weighted by atomic mass is 16.7. The average molecular weight is 402 g/mol. The predicted molar refractivity (Wildman–Crippen MR) is 103 cm³/mol. The number of methoxy groups -OCH3 is 1. The molecule has 0 bridgehead atoms. The molecule has 0 radical (unpaired) electrons. The summed E-state index contributed by atoms with van der Waals surface area (Å²) in [6.07, 6.45) is -4.40. The van der Waals surface area contributed by atoms with Crippen molar-refractivity contribution in [2.45, 2.75) is 49.0 Å². The summed E-state index contributed by atoms with van der Waals surface area (Å²) in [7, 11) is 1.63. The van der Waals surface area contributed by atoms with Crippen LogP contribution in [0.25, 0.3) is 0 Å². The van der Waals surface area contributed by atoms with Crippen LogP contribution in [0.1, 0.15) is 34.6 Å². The molecule has 0 amide bonds. The molecule has 2 aromatic rings. The van der Waals surface area contributed by atoms with E-state index in [1.165, 1.54) is 5.56 Å². The van der Waals surface area contributed by atoms with Gasteiger partial charge in [0, 0.05) is 11.5 Å². The molecule has 1 heterocycles. The van der Waals surface area contributed by atoms with Crippen LogP contribution in [0.4, 0.5) is 0 Å². The lowest BCUT2D eigenvalue weighted by atomic mass is 9.86. The molecule has 2 aromatic carbocycles. The smallest absolute Gasteiger partial charge is 0.222 e. The van der Waals surface area contributed by atoms with Gasteiger partial charge in [0.2, 0.25) is 5.79 Å². The van der Waals surface area contributed by atoms with Crippen LogP contribution in [0.2, 0.25) is 0 Å². The Morgan fingerprint density at radius 2 is 1.79 bits per heavy atom. The summed E-state index contributed by atoms with van der Waals surface area (Å²) in [5.74, 6) is -1.21. The van der Waals surface area contributed by atoms with Crippen LogP contribution in [0.5, 0.6) is 5.75 Å². The van der Waals surface area contributed by atoms with Crippen LogP contribution < -0.4 is 4.74 Å². The summed E-state index contributed by atoms with van der Waals surface area (Å²) in [4.78, 5) is 0. The fourth-order valence-corrected chi connectivity index (χ4v) is 4.42. The molecule has 0 saturated carbocycles. The van der Waals surface area contributed by atoms with E-state index in [0.29, 0.717) is 0 Å². The van der Waals surface area contributed by atoms with Crippen molar-refractivity contribution < 1.29 is 35.0 Å². The van der Waals surface area contributed by atoms with E-state index in [0.717, 1.165) is 29.7 Å². The number of hydrogen-bond acceptors (Lipinski definition) is 7. The molecule has 7 heteroatoms. The lowest BCUT2D eigenvalue weighted by Gasteiger charge is -2.45. The van der Waals surface area contributed by atoms with E-state index in [2.05, 4.69) is 0 Å². The zero-order chi connectivity index (χ0) is 20.8. The van der Waals surface area contributed by atoms with Gasteiger partial charge in [-0.15, -0.1) is 0 Å². The van der Waals surface area contributed by atoms with Gasteiger partial charge in [-0.25, -0.2) is 0 Å². The second-order valence-electron chi connectivity index (χ2n) is 7.74. The highest BCUT2D eigenvalue weighted by molar-refractivity contribution is 5.46. The number of rotatable bonds is 4. The lowest BCUT2D eigenvalue weighted by Crippen LogP contribution is -2.63. The summed E-state index contributed by atoms with van der Waals surface area (Å²) in [6.45, 7) is -0.599. The highest BCUT2D eigenvalue weighted by Crippen LogP contribution is 2.42. The number of aliphatic hydroxyl groups excluding tert-OH is 4. The number of aryl methyl sites for hydroxylation is 1. The maximum atomic E-state index is 11.0. The van der Waals surface area contributed by atoms with Gasteiger partial charge in [0.05, 0.1) is 13.7 Å². The summed E-state index contributed by atoms with van der Waals surface area (Å²) in [6, 6.07) is 13.3. The number of ether oxygens (including phenoxy) is 2. The van der Waals surface area contributed by atoms with Gasteiger partial charge in [-0.3, -0.25) is 0 Å². The van der Waals surface area contributed by atoms with Crippen LogP contribution >= 0.6 is 0 Å². The number of benzene rings is 2. The summed E-state index contributed by atoms with van der Waals surface area (Å²) in [5.41, 5.74) is 3.60. The van der Waals surface area contributed by atoms with Crippen LogP contribution in [0, 0.1) is 0 Å². The molecule has 29 heavy (non-hydrogen) atoms. The number of fused-ring (bicyclic) bond motifs is 1. The molecule has 156 valence electrons. The zero-order valence-corrected chi connectivity index (χ0v) is 16.1. The van der Waals surface area contributed by atoms with E-state index < -0.39 is 36.8 Å². The van der Waals surface area contributed by atoms with Gasteiger partial charge in [-0.05, 0) is 41.7 Å². The minimum Gasteiger partial charge on any atom is -0.497 e. The normalized spacial score (nSPS) is 34.1. The van der Waals surface area contributed by atoms with Crippen molar-refractivity contribution >= 4 is 0 Å². The molecule has 1 saturated heterocycles. The minimum atomic E-state index is -2.22. The molecule has 0 unspecified atom stereocenters. The zero-order valence-electron chi connectivity index (χ0n) is 16.1. The van der Waals surface area contributed by atoms with E-state index >= 15 is 0 Å². The molecule has 1 fully saturated rings. The van der Waals surface area contributed by atoms with E-state index in [-0.39, 0.29) is 11.5 Å². The first-order valence-corrected chi connectivity index (χ1v) is 9.71. The number of hydrogen-bond donors (Lipinski definition) is 5. The van der Waals surface area contributed by atoms with Crippen molar-refractivity contribution in [2.24, 2.45) is 0 Å². The van der Waals surface area contributed by atoms with E-state index in [1.807, 2.05) is 30.3 Å². The van der Waals surface area contributed by atoms with Crippen LogP contribution in [0.3, 0.4) is 0 Å². The van der Waals surface area contributed by atoms with Gasteiger partial charge in [0.15, 0.2) is 0 Å². The van der Waals surface area contributed by atoms with Crippen molar-refractivity contribution in [3.8, 4) is 5.75 Å². The molecule has 0 aromatic heterocycles. The maximum Gasteiger partial charge on any atom is 0.222 e. The molecule has 1 aliphatic carbocycles. The first-order valence-electron chi connectivity index (χ1n) is 9.71. The van der Waals surface area contributed by atoms with Gasteiger partial charge in [0.1, 0.15) is 30.2 Å². The van der Waals surface area contributed by atoms with E-state index in [1.54, 1.807) is 19.2 Å². The Morgan fingerprint density at radius 1 is 1.07 bits per heavy atom. The molecular formula is C22H26O7. The first kappa shape index (κ1) is 20.3. The van der Waals surface area contributed by atoms with Crippen LogP contribution in [-0.2, 0) is 16.9 Å². The van der Waals surface area contributed by atoms with Gasteiger partial charge >= 0.3 is 0 Å². The molecule has 0 spiro atoms. The number of aliphatic hydroxyl groups is 5. The first-order chi connectivity index (χ1) is 13.9. The van der Waals surface area contributed by atoms with Crippen molar-refractivity contribution in [1.29, 1.82) is 0 Å². The van der Waals surface area contributed by atoms with Gasteiger partial charge < -0.3 is 35.0 Å². The molecule has 2 aliphatic rings. The van der Waals surface area contributed by atoms with Crippen molar-refractivity contribution in [1.82, 2.24) is 0 Å². The Bertz CT molecular complexity index is 866. The third kappa shape index (κ3) is 3.34. The Labute approximate surface area is 168 Å². The van der Waals surface area contributed by atoms with Gasteiger partial charge in [-0.2, -0.15) is 0 Å². The van der Waals surface area contributed by atoms with Gasteiger partial charge in [-0.1, -0.05) is 30.3 Å². The predicted octanol–water partition coefficient (Wildman–Crippen LogP) is 0.392. The third-order valence-electron chi connectivity index (χ3n) is 6.12. The summed E-state index contributed by atoms with van der Waals surface area (Å²) < 4.78 is 10.7. The second kappa shape index (κ2) is 7.68. The standard InChI is InChI=1S/C22H26O7/c1-28-15-6-2-12(3-7-15)16-8-4-13-10-14(5-9-17(13)16)22(27)21(26)20(25)19(24)18(11-23)29-22/h2-3,5-7,9-10,16,18-21,23-27H,4,8,11H2,1H3/t16-,18+,19+,20-,21+,22-/m0/s1. The van der Waals surface area contributed by atoms with Crippen LogP contribution in [0.15, 0.2) is 42.5 Å². The fraction of sp³-hybridized carbons (Fsp3) is 0.455. The fourth-order valence-electron chi connectivity index (χ4n) is 4.42. The Hall–Kier alpha value is -2.00. The molecule has 4 rings (SSSR count). The maximum absolute atomic E-state index is 11.0.